The lowest BCUT2D eigenvalue weighted by Crippen LogP contribution is -2.45. The highest BCUT2D eigenvalue weighted by Crippen LogP contribution is 2.54. The fourth-order valence-electron chi connectivity index (χ4n) is 3.91. The van der Waals surface area contributed by atoms with Crippen LogP contribution in [-0.2, 0) is 19.1 Å². The summed E-state index contributed by atoms with van der Waals surface area (Å²) in [6, 6.07) is 2.38. The summed E-state index contributed by atoms with van der Waals surface area (Å²) in [6.07, 6.45) is 4.51. The number of thiophene rings is 1. The number of nitrogens with two attached hydrogens (primary N) is 1. The number of amides is 1. The number of rotatable bonds is 4. The first-order valence-corrected chi connectivity index (χ1v) is 8.82. The van der Waals surface area contributed by atoms with Crippen LogP contribution in [-0.4, -0.2) is 41.8 Å². The molecule has 1 amide bonds. The molecule has 0 bridgehead atoms. The molecule has 26 heavy (non-hydrogen) atoms. The van der Waals surface area contributed by atoms with Crippen LogP contribution in [0.15, 0.2) is 40.8 Å². The zero-order chi connectivity index (χ0) is 19.1. The molecule has 1 saturated heterocycles. The van der Waals surface area contributed by atoms with Gasteiger partial charge >= 0.3 is 5.97 Å². The lowest BCUT2D eigenvalue weighted by atomic mass is 9.69. The number of hydrogen-bond acceptors (Lipinski definition) is 7. The summed E-state index contributed by atoms with van der Waals surface area (Å²) in [5.74, 6) is -2.32. The second-order valence-electron chi connectivity index (χ2n) is 6.26. The van der Waals surface area contributed by atoms with Crippen molar-refractivity contribution in [1.29, 1.82) is 5.26 Å². The van der Waals surface area contributed by atoms with Gasteiger partial charge in [0.1, 0.15) is 0 Å². The molecule has 0 unspecified atom stereocenters. The lowest BCUT2D eigenvalue weighted by Gasteiger charge is -2.32. The Hall–Kier alpha value is -2.92. The van der Waals surface area contributed by atoms with E-state index in [1.807, 2.05) is 10.8 Å². The molecule has 2 aliphatic heterocycles. The summed E-state index contributed by atoms with van der Waals surface area (Å²) in [5.41, 5.74) is 4.65. The van der Waals surface area contributed by atoms with Crippen LogP contribution in [0, 0.1) is 16.7 Å². The van der Waals surface area contributed by atoms with Gasteiger partial charge in [-0.25, -0.2) is 0 Å². The van der Waals surface area contributed by atoms with Gasteiger partial charge in [0.2, 0.25) is 5.91 Å². The van der Waals surface area contributed by atoms with Crippen molar-refractivity contribution in [2.75, 3.05) is 7.11 Å². The zero-order valence-corrected chi connectivity index (χ0v) is 15.0. The summed E-state index contributed by atoms with van der Waals surface area (Å²) < 4.78 is 4.97. The molecule has 0 aromatic carbocycles. The summed E-state index contributed by atoms with van der Waals surface area (Å²) >= 11 is 1.41. The highest BCUT2D eigenvalue weighted by molar-refractivity contribution is 7.08. The molecule has 3 rings (SSSR count). The standard InChI is InChI=1S/C18H17N3O4S/c1-10(22)15-14(12-5-6-26-8-12)18(9-19,17(24)25-2)13-4-3-11(16(20)23)7-21(13)15/h3-8,13-15H,1-2H3,(H2,20,23)/t13-,14-,15+,18+/m1/s1. The van der Waals surface area contributed by atoms with Crippen molar-refractivity contribution in [1.82, 2.24) is 4.90 Å². The van der Waals surface area contributed by atoms with Gasteiger partial charge in [0.25, 0.3) is 0 Å². The molecular formula is C18H17N3O4S. The summed E-state index contributed by atoms with van der Waals surface area (Å²) in [7, 11) is 1.22. The summed E-state index contributed by atoms with van der Waals surface area (Å²) in [5, 5.41) is 13.7. The van der Waals surface area contributed by atoms with E-state index in [1.54, 1.807) is 17.0 Å². The zero-order valence-electron chi connectivity index (χ0n) is 14.2. The minimum atomic E-state index is -1.62. The molecular weight excluding hydrogens is 354 g/mol. The van der Waals surface area contributed by atoms with Gasteiger partial charge in [-0.3, -0.25) is 14.4 Å². The Bertz CT molecular complexity index is 867. The fourth-order valence-corrected chi connectivity index (χ4v) is 4.61. The number of esters is 1. The summed E-state index contributed by atoms with van der Waals surface area (Å²) in [4.78, 5) is 38.5. The van der Waals surface area contributed by atoms with Crippen LogP contribution in [0.5, 0.6) is 0 Å². The maximum Gasteiger partial charge on any atom is 0.329 e. The van der Waals surface area contributed by atoms with E-state index in [9.17, 15) is 19.6 Å². The van der Waals surface area contributed by atoms with Crippen molar-refractivity contribution < 1.29 is 19.1 Å². The first-order valence-electron chi connectivity index (χ1n) is 7.88. The van der Waals surface area contributed by atoms with Gasteiger partial charge in [0.05, 0.1) is 30.8 Å². The van der Waals surface area contributed by atoms with E-state index in [0.717, 1.165) is 0 Å². The van der Waals surface area contributed by atoms with Gasteiger partial charge < -0.3 is 15.4 Å². The quantitative estimate of drug-likeness (QED) is 0.793. The fraction of sp³-hybridized carbons (Fsp3) is 0.333. The number of Topliss-reactive ketones (excluding diaryl/α,β-unsaturated/α-hetero) is 1. The van der Waals surface area contributed by atoms with Crippen molar-refractivity contribution in [2.24, 2.45) is 11.1 Å². The molecule has 1 fully saturated rings. The number of fused-ring (bicyclic) bond motifs is 1. The van der Waals surface area contributed by atoms with Crippen LogP contribution in [0.4, 0.5) is 0 Å². The molecule has 4 atom stereocenters. The molecule has 1 aromatic heterocycles. The number of primary amides is 1. The van der Waals surface area contributed by atoms with E-state index < -0.39 is 35.3 Å². The largest absolute Gasteiger partial charge is 0.468 e. The van der Waals surface area contributed by atoms with Crippen molar-refractivity contribution in [3.05, 3.63) is 46.3 Å². The number of hydrogen-bond donors (Lipinski definition) is 1. The average Bonchev–Trinajstić information content (AvgIpc) is 3.24. The molecule has 3 heterocycles. The minimum Gasteiger partial charge on any atom is -0.468 e. The third-order valence-electron chi connectivity index (χ3n) is 4.97. The van der Waals surface area contributed by atoms with Gasteiger partial charge in [-0.15, -0.1) is 0 Å². The highest BCUT2D eigenvalue weighted by Gasteiger charge is 2.66. The second kappa shape index (κ2) is 6.42. The van der Waals surface area contributed by atoms with E-state index in [-0.39, 0.29) is 11.4 Å². The normalized spacial score (nSPS) is 29.5. The SMILES string of the molecule is COC(=O)[C@]1(C#N)[C@H](c2ccsc2)[C@H](C(C)=O)N2C=C(C(N)=O)C=C[C@@H]21. The molecule has 0 spiro atoms. The van der Waals surface area contributed by atoms with Gasteiger partial charge in [-0.1, -0.05) is 6.08 Å². The maximum atomic E-state index is 12.8. The number of ketones is 1. The molecule has 7 nitrogen and oxygen atoms in total. The van der Waals surface area contributed by atoms with Crippen LogP contribution in [0.2, 0.25) is 0 Å². The topological polar surface area (TPSA) is 113 Å². The first kappa shape index (κ1) is 17.9. The van der Waals surface area contributed by atoms with E-state index in [1.165, 1.54) is 37.6 Å². The lowest BCUT2D eigenvalue weighted by molar-refractivity contribution is -0.150. The number of carbonyl (C=O) groups is 3. The van der Waals surface area contributed by atoms with Crippen molar-refractivity contribution >= 4 is 29.0 Å². The Labute approximate surface area is 154 Å². The monoisotopic (exact) mass is 371 g/mol. The Balaban J connectivity index is 2.28. The van der Waals surface area contributed by atoms with Crippen LogP contribution < -0.4 is 5.73 Å². The van der Waals surface area contributed by atoms with E-state index in [4.69, 9.17) is 10.5 Å². The van der Waals surface area contributed by atoms with Crippen molar-refractivity contribution in [3.8, 4) is 6.07 Å². The van der Waals surface area contributed by atoms with Crippen molar-refractivity contribution in [3.63, 3.8) is 0 Å². The smallest absolute Gasteiger partial charge is 0.329 e. The predicted octanol–water partition coefficient (Wildman–Crippen LogP) is 1.10. The molecule has 2 N–H and O–H groups in total. The number of ether oxygens (including phenoxy) is 1. The molecule has 134 valence electrons. The number of carbonyl (C=O) groups excluding carboxylic acids is 3. The van der Waals surface area contributed by atoms with E-state index in [2.05, 4.69) is 6.07 Å². The number of nitriles is 1. The number of nitrogens with zero attached hydrogens (tertiary/aromatic N) is 2. The first-order chi connectivity index (χ1) is 12.4. The van der Waals surface area contributed by atoms with Gasteiger partial charge in [0.15, 0.2) is 11.2 Å². The third kappa shape index (κ3) is 2.35. The molecule has 1 aromatic rings. The van der Waals surface area contributed by atoms with E-state index in [0.29, 0.717) is 5.56 Å². The molecule has 0 radical (unpaired) electrons. The minimum absolute atomic E-state index is 0.204. The molecule has 2 aliphatic rings. The van der Waals surface area contributed by atoms with Gasteiger partial charge in [-0.05, 0) is 35.4 Å². The Morgan fingerprint density at radius 2 is 2.15 bits per heavy atom. The highest BCUT2D eigenvalue weighted by atomic mass is 32.1. The van der Waals surface area contributed by atoms with Crippen molar-refractivity contribution in [2.45, 2.75) is 24.9 Å². The maximum absolute atomic E-state index is 12.8. The third-order valence-corrected chi connectivity index (χ3v) is 5.67. The van der Waals surface area contributed by atoms with Gasteiger partial charge in [0, 0.05) is 12.1 Å². The Morgan fingerprint density at radius 3 is 2.65 bits per heavy atom. The predicted molar refractivity (Wildman–Crippen MR) is 93.6 cm³/mol. The van der Waals surface area contributed by atoms with Crippen LogP contribution in [0.25, 0.3) is 0 Å². The van der Waals surface area contributed by atoms with E-state index >= 15 is 0 Å². The number of methoxy groups -OCH3 is 1. The molecule has 0 saturated carbocycles. The second-order valence-corrected chi connectivity index (χ2v) is 7.04. The summed E-state index contributed by atoms with van der Waals surface area (Å²) in [6.45, 7) is 1.40. The van der Waals surface area contributed by atoms with Crippen LogP contribution >= 0.6 is 11.3 Å². The van der Waals surface area contributed by atoms with Gasteiger partial charge in [-0.2, -0.15) is 16.6 Å². The molecule has 8 heteroatoms. The van der Waals surface area contributed by atoms with Crippen LogP contribution in [0.3, 0.4) is 0 Å². The Kier molecular flexibility index (Phi) is 4.42. The Morgan fingerprint density at radius 1 is 1.42 bits per heavy atom. The molecule has 0 aliphatic carbocycles. The average molecular weight is 371 g/mol. The van der Waals surface area contributed by atoms with Crippen LogP contribution in [0.1, 0.15) is 18.4 Å².